The molecule has 1 N–H and O–H groups in total. The third-order valence-electron chi connectivity index (χ3n) is 3.92. The summed E-state index contributed by atoms with van der Waals surface area (Å²) in [5.74, 6) is 0.102. The first-order valence-electron chi connectivity index (χ1n) is 8.46. The molecule has 0 saturated carbocycles. The number of benzene rings is 2. The zero-order valence-electron chi connectivity index (χ0n) is 14.9. The molecule has 7 nitrogen and oxygen atoms in total. The molecule has 0 spiro atoms. The van der Waals surface area contributed by atoms with Crippen LogP contribution in [0, 0.1) is 0 Å². The molecule has 0 aliphatic rings. The molecule has 0 aliphatic heterocycles. The van der Waals surface area contributed by atoms with Crippen molar-refractivity contribution in [2.75, 3.05) is 5.75 Å². The number of nitrogens with one attached hydrogen (secondary N) is 1. The highest BCUT2D eigenvalue weighted by atomic mass is 32.2. The molecule has 0 aliphatic carbocycles. The summed E-state index contributed by atoms with van der Waals surface area (Å²) < 4.78 is 3.67. The van der Waals surface area contributed by atoms with E-state index in [1.54, 1.807) is 22.3 Å². The van der Waals surface area contributed by atoms with Gasteiger partial charge in [-0.3, -0.25) is 4.79 Å². The zero-order valence-corrected chi connectivity index (χ0v) is 16.6. The Hall–Kier alpha value is -3.04. The van der Waals surface area contributed by atoms with Gasteiger partial charge in [0.15, 0.2) is 4.34 Å². The molecule has 2 aromatic heterocycles. The second kappa shape index (κ2) is 8.32. The molecule has 4 aromatic rings. The molecule has 140 valence electrons. The number of para-hydroxylation sites is 1. The average molecular weight is 409 g/mol. The van der Waals surface area contributed by atoms with E-state index in [1.807, 2.05) is 55.5 Å². The van der Waals surface area contributed by atoms with Crippen molar-refractivity contribution in [3.05, 3.63) is 66.7 Å². The van der Waals surface area contributed by atoms with Crippen molar-refractivity contribution in [2.24, 2.45) is 5.10 Å². The van der Waals surface area contributed by atoms with Crippen LogP contribution in [-0.2, 0) is 4.79 Å². The molecular formula is C19H16N6OS2. The first-order valence-corrected chi connectivity index (χ1v) is 10.3. The minimum Gasteiger partial charge on any atom is -0.272 e. The van der Waals surface area contributed by atoms with E-state index in [9.17, 15) is 4.79 Å². The first-order chi connectivity index (χ1) is 13.7. The van der Waals surface area contributed by atoms with Gasteiger partial charge in [0.05, 0.1) is 27.4 Å². The molecule has 0 atom stereocenters. The number of thiazole rings is 1. The Labute approximate surface area is 169 Å². The molecule has 0 radical (unpaired) electrons. The predicted molar refractivity (Wildman–Crippen MR) is 112 cm³/mol. The van der Waals surface area contributed by atoms with E-state index in [0.29, 0.717) is 0 Å². The lowest BCUT2D eigenvalue weighted by Gasteiger charge is -2.04. The molecule has 0 saturated heterocycles. The standard InChI is InChI=1S/C19H16N6OS2/c1-13(14-6-8-15(9-7-14)25-12-20-11-21-25)23-24-18(26)10-27-19-22-16-4-2-3-5-17(16)28-19/h2-9,11-12H,10H2,1H3,(H,24,26)/b23-13+. The van der Waals surface area contributed by atoms with Crippen LogP contribution in [-0.4, -0.2) is 37.1 Å². The van der Waals surface area contributed by atoms with Gasteiger partial charge in [-0.2, -0.15) is 10.2 Å². The number of carbonyl (C=O) groups excluding carboxylic acids is 1. The van der Waals surface area contributed by atoms with Gasteiger partial charge >= 0.3 is 0 Å². The minimum absolute atomic E-state index is 0.164. The maximum absolute atomic E-state index is 12.1. The Balaban J connectivity index is 1.33. The van der Waals surface area contributed by atoms with Crippen LogP contribution in [0.15, 0.2) is 70.6 Å². The van der Waals surface area contributed by atoms with Gasteiger partial charge in [-0.25, -0.2) is 20.1 Å². The van der Waals surface area contributed by atoms with Crippen molar-refractivity contribution >= 4 is 44.9 Å². The minimum atomic E-state index is -0.164. The van der Waals surface area contributed by atoms with Crippen molar-refractivity contribution in [1.82, 2.24) is 25.2 Å². The maximum Gasteiger partial charge on any atom is 0.250 e. The lowest BCUT2D eigenvalue weighted by molar-refractivity contribution is -0.118. The highest BCUT2D eigenvalue weighted by Gasteiger charge is 2.07. The van der Waals surface area contributed by atoms with Gasteiger partial charge in [-0.15, -0.1) is 11.3 Å². The van der Waals surface area contributed by atoms with Crippen molar-refractivity contribution in [3.8, 4) is 5.69 Å². The summed E-state index contributed by atoms with van der Waals surface area (Å²) in [5.41, 5.74) is 6.11. The SMILES string of the molecule is C/C(=N\NC(=O)CSc1nc2ccccc2s1)c1ccc(-n2cncn2)cc1. The Morgan fingerprint density at radius 1 is 1.21 bits per heavy atom. The van der Waals surface area contributed by atoms with Gasteiger partial charge < -0.3 is 0 Å². The third kappa shape index (κ3) is 4.26. The maximum atomic E-state index is 12.1. The van der Waals surface area contributed by atoms with E-state index in [-0.39, 0.29) is 11.7 Å². The fraction of sp³-hybridized carbons (Fsp3) is 0.105. The van der Waals surface area contributed by atoms with Gasteiger partial charge in [0.1, 0.15) is 12.7 Å². The van der Waals surface area contributed by atoms with E-state index < -0.39 is 0 Å². The zero-order chi connectivity index (χ0) is 19.3. The van der Waals surface area contributed by atoms with Crippen LogP contribution in [0.2, 0.25) is 0 Å². The van der Waals surface area contributed by atoms with Gasteiger partial charge in [-0.05, 0) is 36.8 Å². The van der Waals surface area contributed by atoms with Crippen LogP contribution >= 0.6 is 23.1 Å². The summed E-state index contributed by atoms with van der Waals surface area (Å²) in [5, 5.41) is 8.29. The highest BCUT2D eigenvalue weighted by Crippen LogP contribution is 2.28. The number of amides is 1. The molecule has 2 aromatic carbocycles. The topological polar surface area (TPSA) is 85.1 Å². The molecule has 28 heavy (non-hydrogen) atoms. The number of hydrazone groups is 1. The van der Waals surface area contributed by atoms with Crippen molar-refractivity contribution in [3.63, 3.8) is 0 Å². The largest absolute Gasteiger partial charge is 0.272 e. The number of aromatic nitrogens is 4. The van der Waals surface area contributed by atoms with Crippen molar-refractivity contribution in [2.45, 2.75) is 11.3 Å². The van der Waals surface area contributed by atoms with Crippen LogP contribution in [0.4, 0.5) is 0 Å². The summed E-state index contributed by atoms with van der Waals surface area (Å²) in [4.78, 5) is 20.5. The average Bonchev–Trinajstić information content (AvgIpc) is 3.40. The van der Waals surface area contributed by atoms with Crippen molar-refractivity contribution in [1.29, 1.82) is 0 Å². The quantitative estimate of drug-likeness (QED) is 0.300. The summed E-state index contributed by atoms with van der Waals surface area (Å²) in [6.45, 7) is 1.85. The van der Waals surface area contributed by atoms with Crippen LogP contribution in [0.5, 0.6) is 0 Å². The number of hydrogen-bond acceptors (Lipinski definition) is 7. The van der Waals surface area contributed by atoms with Gasteiger partial charge in [0.25, 0.3) is 5.91 Å². The van der Waals surface area contributed by atoms with Crippen LogP contribution in [0.25, 0.3) is 15.9 Å². The molecular weight excluding hydrogens is 392 g/mol. The monoisotopic (exact) mass is 408 g/mol. The number of carbonyl (C=O) groups is 1. The van der Waals surface area contributed by atoms with E-state index >= 15 is 0 Å². The van der Waals surface area contributed by atoms with Gasteiger partial charge in [0.2, 0.25) is 0 Å². The predicted octanol–water partition coefficient (Wildman–Crippen LogP) is 3.51. The number of thioether (sulfide) groups is 1. The highest BCUT2D eigenvalue weighted by molar-refractivity contribution is 8.01. The Morgan fingerprint density at radius 2 is 2.04 bits per heavy atom. The van der Waals surface area contributed by atoms with Gasteiger partial charge in [-0.1, -0.05) is 36.0 Å². The molecule has 0 bridgehead atoms. The number of nitrogens with zero attached hydrogens (tertiary/aromatic N) is 5. The molecule has 9 heteroatoms. The Morgan fingerprint density at radius 3 is 2.79 bits per heavy atom. The number of hydrogen-bond donors (Lipinski definition) is 1. The fourth-order valence-electron chi connectivity index (χ4n) is 2.48. The van der Waals surface area contributed by atoms with E-state index in [4.69, 9.17) is 0 Å². The van der Waals surface area contributed by atoms with E-state index in [1.165, 1.54) is 18.1 Å². The molecule has 0 unspecified atom stereocenters. The van der Waals surface area contributed by atoms with Crippen LogP contribution < -0.4 is 5.43 Å². The first kappa shape index (κ1) is 18.3. The summed E-state index contributed by atoms with van der Waals surface area (Å²) >= 11 is 3.00. The number of rotatable bonds is 6. The smallest absolute Gasteiger partial charge is 0.250 e. The normalized spacial score (nSPS) is 11.7. The molecule has 1 amide bonds. The molecule has 0 fully saturated rings. The third-order valence-corrected chi connectivity index (χ3v) is 6.10. The summed E-state index contributed by atoms with van der Waals surface area (Å²) in [6, 6.07) is 15.6. The summed E-state index contributed by atoms with van der Waals surface area (Å²) in [6.07, 6.45) is 3.13. The van der Waals surface area contributed by atoms with Crippen LogP contribution in [0.1, 0.15) is 12.5 Å². The van der Waals surface area contributed by atoms with Crippen LogP contribution in [0.3, 0.4) is 0 Å². The van der Waals surface area contributed by atoms with E-state index in [2.05, 4.69) is 25.6 Å². The van der Waals surface area contributed by atoms with Gasteiger partial charge in [0, 0.05) is 0 Å². The number of fused-ring (bicyclic) bond motifs is 1. The lowest BCUT2D eigenvalue weighted by atomic mass is 10.1. The molecule has 2 heterocycles. The Bertz CT molecular complexity index is 1090. The fourth-order valence-corrected chi connectivity index (χ4v) is 4.34. The van der Waals surface area contributed by atoms with Crippen molar-refractivity contribution < 1.29 is 4.79 Å². The second-order valence-corrected chi connectivity index (χ2v) is 8.11. The Kier molecular flexibility index (Phi) is 5.45. The summed E-state index contributed by atoms with van der Waals surface area (Å²) in [7, 11) is 0. The van der Waals surface area contributed by atoms with E-state index in [0.717, 1.165) is 31.5 Å². The second-order valence-electron chi connectivity index (χ2n) is 5.86. The molecule has 4 rings (SSSR count). The lowest BCUT2D eigenvalue weighted by Crippen LogP contribution is -2.21.